The minimum atomic E-state index is -0.374. The molecule has 0 aliphatic heterocycles. The third-order valence-electron chi connectivity index (χ3n) is 5.17. The molecule has 0 aromatic carbocycles. The van der Waals surface area contributed by atoms with Gasteiger partial charge in [0.15, 0.2) is 0 Å². The van der Waals surface area contributed by atoms with Gasteiger partial charge in [0.25, 0.3) is 0 Å². The fourth-order valence-corrected chi connectivity index (χ4v) is 4.34. The van der Waals surface area contributed by atoms with E-state index in [2.05, 4.69) is 46.9 Å². The Bertz CT molecular complexity index is 500. The summed E-state index contributed by atoms with van der Waals surface area (Å²) >= 11 is 3.61. The van der Waals surface area contributed by atoms with Crippen LogP contribution < -0.4 is 0 Å². The van der Waals surface area contributed by atoms with E-state index < -0.39 is 0 Å². The minimum absolute atomic E-state index is 0.116. The highest BCUT2D eigenvalue weighted by atomic mass is 79.9. The van der Waals surface area contributed by atoms with Crippen molar-refractivity contribution in [1.82, 2.24) is 14.7 Å². The topological polar surface area (TPSA) is 41.3 Å². The largest absolute Gasteiger partial charge is 0.391 e. The molecule has 0 bridgehead atoms. The van der Waals surface area contributed by atoms with Crippen LogP contribution in [-0.4, -0.2) is 45.5 Å². The van der Waals surface area contributed by atoms with Gasteiger partial charge in [-0.3, -0.25) is 4.68 Å². The molecule has 1 saturated carbocycles. The molecule has 1 aromatic heterocycles. The van der Waals surface area contributed by atoms with Crippen LogP contribution in [0.5, 0.6) is 0 Å². The van der Waals surface area contributed by atoms with Crippen molar-refractivity contribution in [2.24, 2.45) is 13.0 Å². The number of hydrogen-bond donors (Lipinski definition) is 1. The number of nitrogens with zero attached hydrogens (tertiary/aromatic N) is 3. The number of halogens is 1. The Balaban J connectivity index is 2.25. The summed E-state index contributed by atoms with van der Waals surface area (Å²) in [4.78, 5) is 2.24. The molecule has 1 heterocycles. The molecule has 120 valence electrons. The minimum Gasteiger partial charge on any atom is -0.391 e. The van der Waals surface area contributed by atoms with Crippen LogP contribution >= 0.6 is 15.9 Å². The van der Waals surface area contributed by atoms with E-state index in [1.165, 1.54) is 12.8 Å². The summed E-state index contributed by atoms with van der Waals surface area (Å²) in [7, 11) is 6.15. The predicted octanol–water partition coefficient (Wildman–Crippen LogP) is 2.90. The lowest BCUT2D eigenvalue weighted by atomic mass is 9.71. The van der Waals surface area contributed by atoms with Crippen molar-refractivity contribution < 1.29 is 5.11 Å². The average molecular weight is 358 g/mol. The van der Waals surface area contributed by atoms with E-state index in [4.69, 9.17) is 0 Å². The Morgan fingerprint density at radius 1 is 1.52 bits per heavy atom. The fraction of sp³-hybridized carbons (Fsp3) is 0.812. The van der Waals surface area contributed by atoms with Gasteiger partial charge in [-0.2, -0.15) is 5.10 Å². The number of rotatable bonds is 4. The summed E-state index contributed by atoms with van der Waals surface area (Å²) in [6.45, 7) is 4.29. The van der Waals surface area contributed by atoms with Crippen LogP contribution in [0.1, 0.15) is 44.0 Å². The quantitative estimate of drug-likeness (QED) is 0.900. The number of hydrogen-bond acceptors (Lipinski definition) is 3. The third-order valence-corrected chi connectivity index (χ3v) is 6.20. The lowest BCUT2D eigenvalue weighted by Crippen LogP contribution is -2.56. The third kappa shape index (κ3) is 3.20. The van der Waals surface area contributed by atoms with Crippen molar-refractivity contribution in [3.05, 3.63) is 15.9 Å². The maximum Gasteiger partial charge on any atom is 0.0779 e. The molecule has 1 N–H and O–H groups in total. The molecule has 0 spiro atoms. The van der Waals surface area contributed by atoms with Crippen molar-refractivity contribution in [2.45, 2.75) is 57.6 Å². The van der Waals surface area contributed by atoms with Crippen LogP contribution in [0.2, 0.25) is 0 Å². The first-order valence-electron chi connectivity index (χ1n) is 7.81. The molecule has 0 radical (unpaired) electrons. The average Bonchev–Trinajstić information content (AvgIpc) is 2.65. The standard InChI is InChI=1S/C16H28BrN3O/c1-11-7-6-8-16(10-11,19(3)4)14(21)9-13-15(17)12(2)18-20(13)5/h11,14,21H,6-10H2,1-5H3. The van der Waals surface area contributed by atoms with Gasteiger partial charge < -0.3 is 10.0 Å². The number of aryl methyl sites for hydroxylation is 2. The van der Waals surface area contributed by atoms with Crippen molar-refractivity contribution in [2.75, 3.05) is 14.1 Å². The first-order chi connectivity index (χ1) is 9.78. The normalized spacial score (nSPS) is 28.1. The predicted molar refractivity (Wildman–Crippen MR) is 89.4 cm³/mol. The van der Waals surface area contributed by atoms with E-state index in [1.54, 1.807) is 0 Å². The number of likely N-dealkylation sites (N-methyl/N-ethyl adjacent to an activating group) is 1. The summed E-state index contributed by atoms with van der Waals surface area (Å²) in [5.41, 5.74) is 1.95. The lowest BCUT2D eigenvalue weighted by Gasteiger charge is -2.48. The number of aliphatic hydroxyl groups excluding tert-OH is 1. The zero-order chi connectivity index (χ0) is 15.8. The van der Waals surface area contributed by atoms with Crippen LogP contribution in [0.25, 0.3) is 0 Å². The Kier molecular flexibility index (Phi) is 5.16. The fourth-order valence-electron chi connectivity index (χ4n) is 3.85. The van der Waals surface area contributed by atoms with Crippen LogP contribution in [0.3, 0.4) is 0 Å². The van der Waals surface area contributed by atoms with Gasteiger partial charge in [0, 0.05) is 19.0 Å². The van der Waals surface area contributed by atoms with Gasteiger partial charge in [-0.15, -0.1) is 0 Å². The molecule has 0 saturated heterocycles. The molecule has 21 heavy (non-hydrogen) atoms. The highest BCUT2D eigenvalue weighted by molar-refractivity contribution is 9.10. The molecule has 3 unspecified atom stereocenters. The van der Waals surface area contributed by atoms with Crippen LogP contribution in [0.15, 0.2) is 4.47 Å². The SMILES string of the molecule is Cc1nn(C)c(CC(O)C2(N(C)C)CCCC(C)C2)c1Br. The molecule has 4 nitrogen and oxygen atoms in total. The second kappa shape index (κ2) is 6.39. The van der Waals surface area contributed by atoms with Gasteiger partial charge in [0.05, 0.1) is 22.0 Å². The second-order valence-electron chi connectivity index (χ2n) is 6.89. The highest BCUT2D eigenvalue weighted by Gasteiger charge is 2.43. The van der Waals surface area contributed by atoms with Crippen molar-refractivity contribution >= 4 is 15.9 Å². The first-order valence-corrected chi connectivity index (χ1v) is 8.60. The zero-order valence-electron chi connectivity index (χ0n) is 13.9. The number of aliphatic hydroxyl groups is 1. The monoisotopic (exact) mass is 357 g/mol. The Morgan fingerprint density at radius 2 is 2.19 bits per heavy atom. The van der Waals surface area contributed by atoms with E-state index in [0.29, 0.717) is 12.3 Å². The maximum absolute atomic E-state index is 11.0. The molecule has 1 fully saturated rings. The van der Waals surface area contributed by atoms with Crippen molar-refractivity contribution in [1.29, 1.82) is 0 Å². The summed E-state index contributed by atoms with van der Waals surface area (Å²) in [5, 5.41) is 15.5. The van der Waals surface area contributed by atoms with Crippen molar-refractivity contribution in [3.8, 4) is 0 Å². The Morgan fingerprint density at radius 3 is 2.67 bits per heavy atom. The lowest BCUT2D eigenvalue weighted by molar-refractivity contribution is -0.0432. The van der Waals surface area contributed by atoms with Gasteiger partial charge in [0.1, 0.15) is 0 Å². The zero-order valence-corrected chi connectivity index (χ0v) is 15.4. The summed E-state index contributed by atoms with van der Waals surface area (Å²) in [6.07, 6.45) is 4.87. The molecule has 3 atom stereocenters. The molecular formula is C16H28BrN3O. The van der Waals surface area contributed by atoms with Crippen LogP contribution in [0, 0.1) is 12.8 Å². The van der Waals surface area contributed by atoms with E-state index in [-0.39, 0.29) is 11.6 Å². The summed E-state index contributed by atoms with van der Waals surface area (Å²) in [6, 6.07) is 0. The Hall–Kier alpha value is -0.390. The van der Waals surface area contributed by atoms with E-state index in [9.17, 15) is 5.11 Å². The van der Waals surface area contributed by atoms with E-state index >= 15 is 0 Å². The second-order valence-corrected chi connectivity index (χ2v) is 7.68. The molecular weight excluding hydrogens is 330 g/mol. The van der Waals surface area contributed by atoms with Gasteiger partial charge in [-0.05, 0) is 55.7 Å². The number of aromatic nitrogens is 2. The van der Waals surface area contributed by atoms with Gasteiger partial charge in [-0.25, -0.2) is 0 Å². The van der Waals surface area contributed by atoms with Gasteiger partial charge in [0.2, 0.25) is 0 Å². The van der Waals surface area contributed by atoms with Crippen LogP contribution in [0.4, 0.5) is 0 Å². The van der Waals surface area contributed by atoms with E-state index in [1.807, 2.05) is 18.7 Å². The molecule has 1 aromatic rings. The van der Waals surface area contributed by atoms with Gasteiger partial charge in [-0.1, -0.05) is 19.8 Å². The molecule has 1 aliphatic rings. The molecule has 5 heteroatoms. The summed E-state index contributed by atoms with van der Waals surface area (Å²) < 4.78 is 2.92. The Labute approximate surface area is 136 Å². The maximum atomic E-state index is 11.0. The van der Waals surface area contributed by atoms with Gasteiger partial charge >= 0.3 is 0 Å². The smallest absolute Gasteiger partial charge is 0.0779 e. The van der Waals surface area contributed by atoms with Crippen molar-refractivity contribution in [3.63, 3.8) is 0 Å². The first kappa shape index (κ1) is 17.0. The van der Waals surface area contributed by atoms with E-state index in [0.717, 1.165) is 28.7 Å². The summed E-state index contributed by atoms with van der Waals surface area (Å²) in [5.74, 6) is 0.674. The molecule has 2 rings (SSSR count). The molecule has 0 amide bonds. The molecule has 1 aliphatic carbocycles. The van der Waals surface area contributed by atoms with Crippen LogP contribution in [-0.2, 0) is 13.5 Å². The highest BCUT2D eigenvalue weighted by Crippen LogP contribution is 2.39.